The van der Waals surface area contributed by atoms with Gasteiger partial charge in [-0.15, -0.1) is 11.8 Å². The van der Waals surface area contributed by atoms with E-state index >= 15 is 0 Å². The molecule has 0 saturated carbocycles. The number of hydrogen-bond acceptors (Lipinski definition) is 4. The van der Waals surface area contributed by atoms with Crippen molar-refractivity contribution in [1.82, 2.24) is 0 Å². The molecule has 0 radical (unpaired) electrons. The molecule has 0 aliphatic heterocycles. The number of nitro benzene ring substituents is 1. The van der Waals surface area contributed by atoms with Gasteiger partial charge >= 0.3 is 0 Å². The number of anilines is 2. The van der Waals surface area contributed by atoms with E-state index < -0.39 is 0 Å². The Balaban J connectivity index is 2.37. The molecule has 2 aromatic carbocycles. The van der Waals surface area contributed by atoms with Crippen molar-refractivity contribution in [2.24, 2.45) is 0 Å². The SMILES string of the molecule is CSc1ccccc1Nc1ccccc1[N+](=O)[O-]. The topological polar surface area (TPSA) is 55.2 Å². The van der Waals surface area contributed by atoms with Crippen LogP contribution < -0.4 is 5.32 Å². The molecular weight excluding hydrogens is 248 g/mol. The van der Waals surface area contributed by atoms with Gasteiger partial charge in [-0.1, -0.05) is 24.3 Å². The first-order valence-electron chi connectivity index (χ1n) is 5.36. The average Bonchev–Trinajstić information content (AvgIpc) is 2.40. The lowest BCUT2D eigenvalue weighted by atomic mass is 10.2. The number of thioether (sulfide) groups is 1. The first-order valence-corrected chi connectivity index (χ1v) is 6.58. The van der Waals surface area contributed by atoms with Gasteiger partial charge in [-0.3, -0.25) is 10.1 Å². The van der Waals surface area contributed by atoms with Gasteiger partial charge < -0.3 is 5.32 Å². The van der Waals surface area contributed by atoms with Crippen molar-refractivity contribution in [1.29, 1.82) is 0 Å². The van der Waals surface area contributed by atoms with Crippen molar-refractivity contribution < 1.29 is 4.92 Å². The van der Waals surface area contributed by atoms with Crippen molar-refractivity contribution >= 4 is 28.8 Å². The van der Waals surface area contributed by atoms with E-state index in [0.29, 0.717) is 5.69 Å². The third-order valence-electron chi connectivity index (χ3n) is 2.48. The Bertz CT molecular complexity index is 572. The maximum absolute atomic E-state index is 10.9. The molecule has 1 N–H and O–H groups in total. The molecule has 0 unspecified atom stereocenters. The first kappa shape index (κ1) is 12.4. The molecule has 0 aromatic heterocycles. The van der Waals surface area contributed by atoms with Crippen LogP contribution in [-0.4, -0.2) is 11.2 Å². The summed E-state index contributed by atoms with van der Waals surface area (Å²) in [5, 5.41) is 14.0. The Morgan fingerprint density at radius 2 is 1.67 bits per heavy atom. The Hall–Kier alpha value is -2.01. The quantitative estimate of drug-likeness (QED) is 0.511. The summed E-state index contributed by atoms with van der Waals surface area (Å²) in [4.78, 5) is 11.6. The predicted molar refractivity (Wildman–Crippen MR) is 74.6 cm³/mol. The van der Waals surface area contributed by atoms with E-state index in [4.69, 9.17) is 0 Å². The van der Waals surface area contributed by atoms with Crippen LogP contribution in [0, 0.1) is 10.1 Å². The van der Waals surface area contributed by atoms with Crippen molar-refractivity contribution in [2.45, 2.75) is 4.90 Å². The van der Waals surface area contributed by atoms with E-state index in [1.807, 2.05) is 30.5 Å². The highest BCUT2D eigenvalue weighted by molar-refractivity contribution is 7.98. The van der Waals surface area contributed by atoms with Crippen molar-refractivity contribution in [2.75, 3.05) is 11.6 Å². The standard InChI is InChI=1S/C13H12N2O2S/c1-18-13-9-5-3-7-11(13)14-10-6-2-4-8-12(10)15(16)17/h2-9,14H,1H3. The van der Waals surface area contributed by atoms with Crippen molar-refractivity contribution in [3.63, 3.8) is 0 Å². The molecule has 4 nitrogen and oxygen atoms in total. The van der Waals surface area contributed by atoms with Crippen LogP contribution in [0.25, 0.3) is 0 Å². The normalized spacial score (nSPS) is 10.1. The summed E-state index contributed by atoms with van der Waals surface area (Å²) in [5.74, 6) is 0. The molecule has 0 saturated heterocycles. The minimum atomic E-state index is -0.385. The van der Waals surface area contributed by atoms with Crippen LogP contribution in [0.2, 0.25) is 0 Å². The van der Waals surface area contributed by atoms with E-state index in [-0.39, 0.29) is 10.6 Å². The zero-order valence-electron chi connectivity index (χ0n) is 9.79. The fourth-order valence-electron chi connectivity index (χ4n) is 1.63. The van der Waals surface area contributed by atoms with Crippen LogP contribution in [0.15, 0.2) is 53.4 Å². The molecule has 2 aromatic rings. The van der Waals surface area contributed by atoms with Crippen LogP contribution in [0.5, 0.6) is 0 Å². The average molecular weight is 260 g/mol. The third-order valence-corrected chi connectivity index (χ3v) is 3.27. The highest BCUT2D eigenvalue weighted by atomic mass is 32.2. The Morgan fingerprint density at radius 3 is 2.33 bits per heavy atom. The minimum absolute atomic E-state index is 0.0772. The number of nitrogens with zero attached hydrogens (tertiary/aromatic N) is 1. The molecule has 0 heterocycles. The van der Waals surface area contributed by atoms with Gasteiger partial charge in [-0.05, 0) is 24.5 Å². The zero-order valence-corrected chi connectivity index (χ0v) is 10.6. The van der Waals surface area contributed by atoms with Crippen LogP contribution in [0.3, 0.4) is 0 Å². The minimum Gasteiger partial charge on any atom is -0.349 e. The summed E-state index contributed by atoms with van der Waals surface area (Å²) < 4.78 is 0. The molecule has 2 rings (SSSR count). The summed E-state index contributed by atoms with van der Waals surface area (Å²) in [6.45, 7) is 0. The van der Waals surface area contributed by atoms with Crippen molar-refractivity contribution in [3.8, 4) is 0 Å². The van der Waals surface area contributed by atoms with E-state index in [9.17, 15) is 10.1 Å². The lowest BCUT2D eigenvalue weighted by Crippen LogP contribution is -1.97. The number of nitrogens with one attached hydrogen (secondary N) is 1. The lowest BCUT2D eigenvalue weighted by molar-refractivity contribution is -0.383. The smallest absolute Gasteiger partial charge is 0.292 e. The Morgan fingerprint density at radius 1 is 1.06 bits per heavy atom. The summed E-state index contributed by atoms with van der Waals surface area (Å²) in [6.07, 6.45) is 1.97. The molecule has 18 heavy (non-hydrogen) atoms. The fourth-order valence-corrected chi connectivity index (χ4v) is 2.19. The first-order chi connectivity index (χ1) is 8.72. The van der Waals surface area contributed by atoms with E-state index in [1.54, 1.807) is 30.0 Å². The molecule has 0 bridgehead atoms. The van der Waals surface area contributed by atoms with E-state index in [2.05, 4.69) is 5.32 Å². The molecule has 0 aliphatic rings. The number of nitro groups is 1. The Labute approximate surface area is 109 Å². The fraction of sp³-hybridized carbons (Fsp3) is 0.0769. The molecule has 0 spiro atoms. The van der Waals surface area contributed by atoms with Gasteiger partial charge in [0.1, 0.15) is 5.69 Å². The van der Waals surface area contributed by atoms with Gasteiger partial charge in [0.15, 0.2) is 0 Å². The van der Waals surface area contributed by atoms with Crippen LogP contribution >= 0.6 is 11.8 Å². The maximum Gasteiger partial charge on any atom is 0.292 e. The molecule has 0 amide bonds. The summed E-state index contributed by atoms with van der Waals surface area (Å²) in [5.41, 5.74) is 1.46. The monoisotopic (exact) mass is 260 g/mol. The number of rotatable bonds is 4. The third kappa shape index (κ3) is 2.62. The summed E-state index contributed by atoms with van der Waals surface area (Å²) in [6, 6.07) is 14.3. The van der Waals surface area contributed by atoms with E-state index in [1.165, 1.54) is 6.07 Å². The van der Waals surface area contributed by atoms with Gasteiger partial charge in [0.2, 0.25) is 0 Å². The van der Waals surface area contributed by atoms with E-state index in [0.717, 1.165) is 10.6 Å². The molecule has 0 aliphatic carbocycles. The summed E-state index contributed by atoms with van der Waals surface area (Å²) >= 11 is 1.60. The highest BCUT2D eigenvalue weighted by Gasteiger charge is 2.13. The second kappa shape index (κ2) is 5.55. The highest BCUT2D eigenvalue weighted by Crippen LogP contribution is 2.31. The lowest BCUT2D eigenvalue weighted by Gasteiger charge is -2.10. The second-order valence-corrected chi connectivity index (χ2v) is 4.45. The van der Waals surface area contributed by atoms with Crippen LogP contribution in [0.1, 0.15) is 0 Å². The predicted octanol–water partition coefficient (Wildman–Crippen LogP) is 4.06. The number of hydrogen-bond donors (Lipinski definition) is 1. The van der Waals surface area contributed by atoms with Gasteiger partial charge in [-0.25, -0.2) is 0 Å². The summed E-state index contributed by atoms with van der Waals surface area (Å²) in [7, 11) is 0. The van der Waals surface area contributed by atoms with Gasteiger partial charge in [0, 0.05) is 11.0 Å². The largest absolute Gasteiger partial charge is 0.349 e. The molecule has 92 valence electrons. The second-order valence-electron chi connectivity index (χ2n) is 3.60. The van der Waals surface area contributed by atoms with Crippen LogP contribution in [-0.2, 0) is 0 Å². The van der Waals surface area contributed by atoms with Crippen molar-refractivity contribution in [3.05, 3.63) is 58.6 Å². The molecule has 0 fully saturated rings. The molecule has 0 atom stereocenters. The maximum atomic E-state index is 10.9. The Kier molecular flexibility index (Phi) is 3.84. The van der Waals surface area contributed by atoms with Gasteiger partial charge in [-0.2, -0.15) is 0 Å². The van der Waals surface area contributed by atoms with Gasteiger partial charge in [0.05, 0.1) is 10.6 Å². The number of para-hydroxylation sites is 3. The van der Waals surface area contributed by atoms with Crippen LogP contribution in [0.4, 0.5) is 17.1 Å². The zero-order chi connectivity index (χ0) is 13.0. The molecule has 5 heteroatoms. The molecular formula is C13H12N2O2S. The number of benzene rings is 2. The van der Waals surface area contributed by atoms with Gasteiger partial charge in [0.25, 0.3) is 5.69 Å².